The fraction of sp³-hybridized carbons (Fsp3) is 0.483. The molecule has 0 radical (unpaired) electrons. The van der Waals surface area contributed by atoms with Crippen LogP contribution in [0.1, 0.15) is 42.9 Å². The van der Waals surface area contributed by atoms with Crippen LogP contribution in [0.4, 0.5) is 5.69 Å². The lowest BCUT2D eigenvalue weighted by Crippen LogP contribution is -2.45. The molecule has 2 aliphatic carbocycles. The van der Waals surface area contributed by atoms with E-state index in [1.165, 1.54) is 11.1 Å². The van der Waals surface area contributed by atoms with E-state index in [1.807, 2.05) is 30.3 Å². The van der Waals surface area contributed by atoms with Gasteiger partial charge in [-0.25, -0.2) is 4.79 Å². The molecule has 2 aromatic rings. The number of aliphatic hydroxyl groups is 2. The molecule has 0 spiro atoms. The SMILES string of the molecule is CCC1(c2cccc(NC(=O)CC(O)(CC(=O)O)C(=O)O)c2)C2CN(CC3(O)Cc4ccccc4C3)CC21. The molecular formula is C29H34N2O7. The number of β-amino-alcohol motifs (C(OH)–C–C–N with tert-alkyl or cyclic N) is 1. The number of carboxylic acid groups (broad SMARTS) is 2. The number of nitrogens with one attached hydrogen (secondary N) is 1. The van der Waals surface area contributed by atoms with E-state index in [0.29, 0.717) is 36.9 Å². The van der Waals surface area contributed by atoms with E-state index in [0.717, 1.165) is 25.1 Å². The molecule has 202 valence electrons. The van der Waals surface area contributed by atoms with E-state index in [4.69, 9.17) is 5.11 Å². The predicted octanol–water partition coefficient (Wildman–Crippen LogP) is 2.04. The van der Waals surface area contributed by atoms with Gasteiger partial charge < -0.3 is 25.7 Å². The lowest BCUT2D eigenvalue weighted by molar-refractivity contribution is -0.167. The number of carboxylic acids is 2. The minimum Gasteiger partial charge on any atom is -0.481 e. The van der Waals surface area contributed by atoms with Crippen LogP contribution in [-0.2, 0) is 32.6 Å². The number of hydrogen-bond acceptors (Lipinski definition) is 6. The fourth-order valence-electron chi connectivity index (χ4n) is 7.12. The number of benzene rings is 2. The van der Waals surface area contributed by atoms with Crippen molar-refractivity contribution in [3.63, 3.8) is 0 Å². The number of carbonyl (C=O) groups is 3. The summed E-state index contributed by atoms with van der Waals surface area (Å²) in [7, 11) is 0. The van der Waals surface area contributed by atoms with Gasteiger partial charge in [-0.1, -0.05) is 43.3 Å². The summed E-state index contributed by atoms with van der Waals surface area (Å²) < 4.78 is 0. The van der Waals surface area contributed by atoms with Crippen LogP contribution >= 0.6 is 0 Å². The molecule has 0 bridgehead atoms. The Hall–Kier alpha value is -3.27. The number of aliphatic carboxylic acids is 2. The Labute approximate surface area is 221 Å². The van der Waals surface area contributed by atoms with Gasteiger partial charge >= 0.3 is 11.9 Å². The van der Waals surface area contributed by atoms with Crippen molar-refractivity contribution in [3.8, 4) is 0 Å². The highest BCUT2D eigenvalue weighted by Gasteiger charge is 2.67. The normalized spacial score (nSPS) is 26.7. The zero-order chi connectivity index (χ0) is 27.3. The molecule has 1 amide bonds. The third-order valence-corrected chi connectivity index (χ3v) is 8.85. The van der Waals surface area contributed by atoms with Gasteiger partial charge in [-0.2, -0.15) is 0 Å². The summed E-state index contributed by atoms with van der Waals surface area (Å²) in [5.74, 6) is -3.15. The summed E-state index contributed by atoms with van der Waals surface area (Å²) in [5, 5.41) is 42.3. The van der Waals surface area contributed by atoms with Crippen LogP contribution in [0, 0.1) is 11.8 Å². The molecule has 2 fully saturated rings. The summed E-state index contributed by atoms with van der Waals surface area (Å²) in [6, 6.07) is 15.7. The molecule has 5 rings (SSSR count). The van der Waals surface area contributed by atoms with Crippen molar-refractivity contribution in [2.75, 3.05) is 25.0 Å². The number of amides is 1. The Morgan fingerprint density at radius 3 is 2.18 bits per heavy atom. The standard InChI is InChI=1S/C29H34N2O7/c1-2-29(20-8-5-9-21(10-20)30-24(32)13-28(38,26(35)36)14-25(33)34)22-15-31(16-23(22)29)17-27(37)11-18-6-3-4-7-19(18)12-27/h3-10,22-23,37-38H,2,11-17H2,1H3,(H,30,32)(H,33,34)(H,35,36). The molecular weight excluding hydrogens is 488 g/mol. The molecule has 9 nitrogen and oxygen atoms in total. The summed E-state index contributed by atoms with van der Waals surface area (Å²) in [6.45, 7) is 4.60. The Bertz CT molecular complexity index is 1240. The fourth-order valence-corrected chi connectivity index (χ4v) is 7.12. The van der Waals surface area contributed by atoms with Gasteiger partial charge in [0, 0.05) is 43.6 Å². The molecule has 0 aromatic heterocycles. The first-order chi connectivity index (χ1) is 18.0. The Morgan fingerprint density at radius 2 is 1.63 bits per heavy atom. The van der Waals surface area contributed by atoms with Crippen molar-refractivity contribution < 1.29 is 34.8 Å². The molecule has 3 unspecified atom stereocenters. The topological polar surface area (TPSA) is 147 Å². The highest BCUT2D eigenvalue weighted by Crippen LogP contribution is 2.65. The Morgan fingerprint density at radius 1 is 1.00 bits per heavy atom. The average Bonchev–Trinajstić information content (AvgIpc) is 3.09. The lowest BCUT2D eigenvalue weighted by atomic mass is 9.87. The first-order valence-corrected chi connectivity index (χ1v) is 13.1. The summed E-state index contributed by atoms with van der Waals surface area (Å²) in [4.78, 5) is 37.2. The Kier molecular flexibility index (Phi) is 6.57. The number of carbonyl (C=O) groups excluding carboxylic acids is 1. The minimum atomic E-state index is -2.68. The van der Waals surface area contributed by atoms with Gasteiger partial charge in [0.05, 0.1) is 18.4 Å². The highest BCUT2D eigenvalue weighted by molar-refractivity contribution is 5.96. The lowest BCUT2D eigenvalue weighted by Gasteiger charge is -2.32. The second-order valence-electron chi connectivity index (χ2n) is 11.4. The third-order valence-electron chi connectivity index (χ3n) is 8.85. The van der Waals surface area contributed by atoms with Crippen molar-refractivity contribution in [2.24, 2.45) is 11.8 Å². The second kappa shape index (κ2) is 9.48. The van der Waals surface area contributed by atoms with Gasteiger partial charge in [0.15, 0.2) is 5.60 Å². The van der Waals surface area contributed by atoms with Gasteiger partial charge in [0.1, 0.15) is 0 Å². The van der Waals surface area contributed by atoms with Gasteiger partial charge in [0.2, 0.25) is 5.91 Å². The maximum Gasteiger partial charge on any atom is 0.336 e. The molecule has 5 N–H and O–H groups in total. The van der Waals surface area contributed by atoms with Crippen molar-refractivity contribution in [1.29, 1.82) is 0 Å². The van der Waals surface area contributed by atoms with Gasteiger partial charge in [0.25, 0.3) is 0 Å². The Balaban J connectivity index is 1.22. The molecule has 3 aliphatic rings. The maximum absolute atomic E-state index is 12.5. The number of nitrogens with zero attached hydrogens (tertiary/aromatic N) is 1. The number of piperidine rings is 1. The van der Waals surface area contributed by atoms with E-state index in [2.05, 4.69) is 29.3 Å². The molecule has 1 saturated heterocycles. The van der Waals surface area contributed by atoms with Crippen LogP contribution in [0.15, 0.2) is 48.5 Å². The van der Waals surface area contributed by atoms with Crippen LogP contribution in [0.25, 0.3) is 0 Å². The number of likely N-dealkylation sites (tertiary alicyclic amines) is 1. The molecule has 1 saturated carbocycles. The third kappa shape index (κ3) is 4.70. The number of hydrogen-bond donors (Lipinski definition) is 5. The maximum atomic E-state index is 12.5. The zero-order valence-electron chi connectivity index (χ0n) is 21.4. The minimum absolute atomic E-state index is 0.0242. The first-order valence-electron chi connectivity index (χ1n) is 13.1. The first kappa shape index (κ1) is 26.3. The molecule has 3 atom stereocenters. The van der Waals surface area contributed by atoms with Gasteiger partial charge in [-0.3, -0.25) is 14.5 Å². The number of anilines is 1. The molecule has 9 heteroatoms. The summed E-state index contributed by atoms with van der Waals surface area (Å²) in [5.41, 5.74) is 0.583. The van der Waals surface area contributed by atoms with Crippen LogP contribution < -0.4 is 5.32 Å². The smallest absolute Gasteiger partial charge is 0.336 e. The van der Waals surface area contributed by atoms with Gasteiger partial charge in [-0.15, -0.1) is 0 Å². The van der Waals surface area contributed by atoms with Crippen molar-refractivity contribution >= 4 is 23.5 Å². The van der Waals surface area contributed by atoms with Crippen molar-refractivity contribution in [1.82, 2.24) is 4.90 Å². The van der Waals surface area contributed by atoms with Crippen LogP contribution in [-0.4, -0.2) is 74.0 Å². The van der Waals surface area contributed by atoms with E-state index in [9.17, 15) is 29.7 Å². The predicted molar refractivity (Wildman–Crippen MR) is 139 cm³/mol. The highest BCUT2D eigenvalue weighted by atomic mass is 16.4. The quantitative estimate of drug-likeness (QED) is 0.319. The van der Waals surface area contributed by atoms with Gasteiger partial charge in [-0.05, 0) is 47.1 Å². The molecule has 1 heterocycles. The zero-order valence-corrected chi connectivity index (χ0v) is 21.4. The molecule has 2 aromatic carbocycles. The molecule has 1 aliphatic heterocycles. The van der Waals surface area contributed by atoms with Crippen molar-refractivity contribution in [2.45, 2.75) is 55.6 Å². The number of rotatable bonds is 10. The summed E-state index contributed by atoms with van der Waals surface area (Å²) in [6.07, 6.45) is 0.347. The van der Waals surface area contributed by atoms with Crippen LogP contribution in [0.5, 0.6) is 0 Å². The largest absolute Gasteiger partial charge is 0.481 e. The second-order valence-corrected chi connectivity index (χ2v) is 11.4. The van der Waals surface area contributed by atoms with Crippen molar-refractivity contribution in [3.05, 3.63) is 65.2 Å². The van der Waals surface area contributed by atoms with Crippen LogP contribution in [0.2, 0.25) is 0 Å². The van der Waals surface area contributed by atoms with E-state index in [-0.39, 0.29) is 5.41 Å². The summed E-state index contributed by atoms with van der Waals surface area (Å²) >= 11 is 0. The van der Waals surface area contributed by atoms with Crippen LogP contribution in [0.3, 0.4) is 0 Å². The average molecular weight is 523 g/mol. The van der Waals surface area contributed by atoms with E-state index >= 15 is 0 Å². The van der Waals surface area contributed by atoms with E-state index < -0.39 is 41.9 Å². The van der Waals surface area contributed by atoms with E-state index in [1.54, 1.807) is 6.07 Å². The molecule has 38 heavy (non-hydrogen) atoms. The number of fused-ring (bicyclic) bond motifs is 2. The monoisotopic (exact) mass is 522 g/mol.